The summed E-state index contributed by atoms with van der Waals surface area (Å²) in [5.74, 6) is 0.321. The largest absolute Gasteiger partial charge is 0.356 e. The number of benzene rings is 1. The van der Waals surface area contributed by atoms with E-state index >= 15 is 0 Å². The number of hydrogen-bond donors (Lipinski definition) is 3. The predicted molar refractivity (Wildman–Crippen MR) is 119 cm³/mol. The van der Waals surface area contributed by atoms with Gasteiger partial charge in [0.05, 0.1) is 11.5 Å². The second-order valence-corrected chi connectivity index (χ2v) is 8.89. The summed E-state index contributed by atoms with van der Waals surface area (Å²) in [6.45, 7) is 2.89. The molecule has 0 spiro atoms. The number of aliphatic imine (C=N–C) groups is 1. The van der Waals surface area contributed by atoms with Gasteiger partial charge in [-0.25, -0.2) is 12.8 Å². The zero-order valence-electron chi connectivity index (χ0n) is 16.1. The predicted octanol–water partition coefficient (Wildman–Crippen LogP) is 1.15. The van der Waals surface area contributed by atoms with Crippen molar-refractivity contribution in [2.75, 3.05) is 31.6 Å². The molecule has 1 amide bonds. The van der Waals surface area contributed by atoms with Crippen LogP contribution in [-0.2, 0) is 21.1 Å². The van der Waals surface area contributed by atoms with Crippen LogP contribution in [0.1, 0.15) is 24.0 Å². The number of nitrogens with zero attached hydrogens (tertiary/aromatic N) is 1. The van der Waals surface area contributed by atoms with Crippen molar-refractivity contribution in [1.82, 2.24) is 16.0 Å². The highest BCUT2D eigenvalue weighted by Gasteiger charge is 2.28. The van der Waals surface area contributed by atoms with Crippen molar-refractivity contribution in [3.8, 4) is 0 Å². The molecular weight excluding hydrogens is 498 g/mol. The van der Waals surface area contributed by atoms with E-state index in [-0.39, 0.29) is 59.7 Å². The van der Waals surface area contributed by atoms with Crippen molar-refractivity contribution in [2.45, 2.75) is 32.2 Å². The Morgan fingerprint density at radius 2 is 2.00 bits per heavy atom. The van der Waals surface area contributed by atoms with Gasteiger partial charge in [0, 0.05) is 32.6 Å². The molecule has 7 nitrogen and oxygen atoms in total. The van der Waals surface area contributed by atoms with Gasteiger partial charge < -0.3 is 16.0 Å². The second kappa shape index (κ2) is 11.5. The fourth-order valence-corrected chi connectivity index (χ4v) is 4.65. The molecule has 0 saturated carbocycles. The molecule has 0 bridgehead atoms. The van der Waals surface area contributed by atoms with Gasteiger partial charge in [-0.05, 0) is 43.0 Å². The summed E-state index contributed by atoms with van der Waals surface area (Å²) < 4.78 is 35.9. The Kier molecular flexibility index (Phi) is 10.1. The van der Waals surface area contributed by atoms with E-state index in [2.05, 4.69) is 20.9 Å². The van der Waals surface area contributed by atoms with E-state index in [4.69, 9.17) is 0 Å². The molecule has 1 aromatic carbocycles. The van der Waals surface area contributed by atoms with Gasteiger partial charge in [-0.1, -0.05) is 6.07 Å². The first-order chi connectivity index (χ1) is 12.8. The van der Waals surface area contributed by atoms with E-state index in [0.717, 1.165) is 17.5 Å². The maximum absolute atomic E-state index is 13.1. The molecule has 1 aliphatic rings. The van der Waals surface area contributed by atoms with E-state index < -0.39 is 9.84 Å². The fraction of sp³-hybridized carbons (Fsp3) is 0.556. The van der Waals surface area contributed by atoms with Crippen LogP contribution in [0.3, 0.4) is 0 Å². The number of aryl methyl sites for hydroxylation is 1. The maximum Gasteiger partial charge on any atom is 0.222 e. The van der Waals surface area contributed by atoms with Crippen molar-refractivity contribution < 1.29 is 17.6 Å². The molecule has 1 heterocycles. The van der Waals surface area contributed by atoms with Gasteiger partial charge in [0.25, 0.3) is 0 Å². The fourth-order valence-electron chi connectivity index (χ4n) is 2.98. The Balaban J connectivity index is 0.00000392. The minimum atomic E-state index is -3.00. The molecule has 1 aromatic rings. The monoisotopic (exact) mass is 526 g/mol. The topological polar surface area (TPSA) is 99.7 Å². The quantitative estimate of drug-likeness (QED) is 0.281. The Bertz CT molecular complexity index is 802. The first-order valence-corrected chi connectivity index (χ1v) is 10.8. The van der Waals surface area contributed by atoms with Gasteiger partial charge >= 0.3 is 0 Å². The molecule has 158 valence electrons. The van der Waals surface area contributed by atoms with Gasteiger partial charge in [0.1, 0.15) is 5.82 Å². The summed E-state index contributed by atoms with van der Waals surface area (Å²) in [7, 11) is -1.36. The molecule has 0 aromatic heterocycles. The van der Waals surface area contributed by atoms with Crippen molar-refractivity contribution in [3.63, 3.8) is 0 Å². The molecule has 1 unspecified atom stereocenters. The third kappa shape index (κ3) is 8.29. The average molecular weight is 526 g/mol. The summed E-state index contributed by atoms with van der Waals surface area (Å²) >= 11 is 0. The van der Waals surface area contributed by atoms with Crippen LogP contribution in [0.4, 0.5) is 4.39 Å². The maximum atomic E-state index is 13.1. The van der Waals surface area contributed by atoms with Crippen LogP contribution in [0.5, 0.6) is 0 Å². The number of guanidine groups is 1. The highest BCUT2D eigenvalue weighted by atomic mass is 127. The normalized spacial score (nSPS) is 18.2. The smallest absolute Gasteiger partial charge is 0.222 e. The van der Waals surface area contributed by atoms with E-state index in [0.29, 0.717) is 25.5 Å². The third-order valence-electron chi connectivity index (χ3n) is 4.46. The molecule has 1 atom stereocenters. The third-order valence-corrected chi connectivity index (χ3v) is 6.23. The van der Waals surface area contributed by atoms with E-state index in [1.807, 2.05) is 6.92 Å². The molecule has 10 heteroatoms. The van der Waals surface area contributed by atoms with Crippen molar-refractivity contribution in [3.05, 3.63) is 35.1 Å². The van der Waals surface area contributed by atoms with Crippen molar-refractivity contribution in [1.29, 1.82) is 0 Å². The molecule has 0 radical (unpaired) electrons. The van der Waals surface area contributed by atoms with Gasteiger partial charge in [-0.3, -0.25) is 9.79 Å². The summed E-state index contributed by atoms with van der Waals surface area (Å²) in [6.07, 6.45) is 1.44. The number of amides is 1. The Hall–Kier alpha value is -1.43. The molecule has 1 saturated heterocycles. The highest BCUT2D eigenvalue weighted by molar-refractivity contribution is 14.0. The first-order valence-electron chi connectivity index (χ1n) is 8.98. The lowest BCUT2D eigenvalue weighted by Gasteiger charge is -2.14. The van der Waals surface area contributed by atoms with Gasteiger partial charge in [-0.2, -0.15) is 0 Å². The number of sulfone groups is 1. The van der Waals surface area contributed by atoms with E-state index in [9.17, 15) is 17.6 Å². The van der Waals surface area contributed by atoms with Crippen molar-refractivity contribution >= 4 is 45.7 Å². The minimum Gasteiger partial charge on any atom is -0.356 e. The number of carbonyl (C=O) groups excluding carboxylic acids is 1. The summed E-state index contributed by atoms with van der Waals surface area (Å²) in [4.78, 5) is 16.0. The van der Waals surface area contributed by atoms with Gasteiger partial charge in [-0.15, -0.1) is 24.0 Å². The summed E-state index contributed by atoms with van der Waals surface area (Å²) in [5, 5.41) is 8.96. The first kappa shape index (κ1) is 24.6. The van der Waals surface area contributed by atoms with Crippen LogP contribution in [0, 0.1) is 12.7 Å². The minimum absolute atomic E-state index is 0. The Labute approximate surface area is 182 Å². The van der Waals surface area contributed by atoms with Crippen LogP contribution < -0.4 is 16.0 Å². The van der Waals surface area contributed by atoms with E-state index in [1.165, 1.54) is 12.1 Å². The lowest BCUT2D eigenvalue weighted by molar-refractivity contribution is -0.121. The van der Waals surface area contributed by atoms with E-state index in [1.54, 1.807) is 13.1 Å². The summed E-state index contributed by atoms with van der Waals surface area (Å²) in [6, 6.07) is 4.45. The molecule has 0 aliphatic carbocycles. The molecule has 28 heavy (non-hydrogen) atoms. The van der Waals surface area contributed by atoms with Crippen LogP contribution in [0.2, 0.25) is 0 Å². The standard InChI is InChI=1S/C18H27FN4O3S.HI/c1-13-11-15(19)4-3-14(13)5-8-21-18(20-2)22-9-6-17(24)23-16-7-10-27(25,26)12-16;/h3-4,11,16H,5-10,12H2,1-2H3,(H,23,24)(H2,20,21,22);1H. The number of rotatable bonds is 7. The number of carbonyl (C=O) groups is 1. The Morgan fingerprint density at radius 3 is 2.61 bits per heavy atom. The second-order valence-electron chi connectivity index (χ2n) is 6.66. The lowest BCUT2D eigenvalue weighted by atomic mass is 10.1. The number of nitrogens with one attached hydrogen (secondary N) is 3. The zero-order chi connectivity index (χ0) is 19.9. The van der Waals surface area contributed by atoms with Crippen LogP contribution >= 0.6 is 24.0 Å². The van der Waals surface area contributed by atoms with Crippen LogP contribution in [0.25, 0.3) is 0 Å². The van der Waals surface area contributed by atoms with Crippen LogP contribution in [0.15, 0.2) is 23.2 Å². The van der Waals surface area contributed by atoms with Gasteiger partial charge in [0.2, 0.25) is 5.91 Å². The Morgan fingerprint density at radius 1 is 1.29 bits per heavy atom. The molecule has 1 fully saturated rings. The molecular formula is C18H28FIN4O3S. The molecule has 1 aliphatic heterocycles. The molecule has 2 rings (SSSR count). The number of halogens is 2. The lowest BCUT2D eigenvalue weighted by Crippen LogP contribution is -2.41. The molecule has 3 N–H and O–H groups in total. The SMILES string of the molecule is CN=C(NCCC(=O)NC1CCS(=O)(=O)C1)NCCc1ccc(F)cc1C.I. The number of hydrogen-bond acceptors (Lipinski definition) is 4. The average Bonchev–Trinajstić information content (AvgIpc) is 2.93. The summed E-state index contributed by atoms with van der Waals surface area (Å²) in [5.41, 5.74) is 1.97. The van der Waals surface area contributed by atoms with Gasteiger partial charge in [0.15, 0.2) is 15.8 Å². The van der Waals surface area contributed by atoms with Crippen molar-refractivity contribution in [2.24, 2.45) is 4.99 Å². The zero-order valence-corrected chi connectivity index (χ0v) is 19.3. The van der Waals surface area contributed by atoms with Crippen LogP contribution in [-0.4, -0.2) is 58.0 Å². The highest BCUT2D eigenvalue weighted by Crippen LogP contribution is 2.11.